The minimum Gasteiger partial charge on any atom is -0.507 e. The largest absolute Gasteiger partial charge is 0.507 e. The number of amides is 2. The van der Waals surface area contributed by atoms with E-state index in [-0.39, 0.29) is 34.8 Å². The summed E-state index contributed by atoms with van der Waals surface area (Å²) < 4.78 is 0. The van der Waals surface area contributed by atoms with Gasteiger partial charge in [-0.1, -0.05) is 6.07 Å². The van der Waals surface area contributed by atoms with Crippen LogP contribution in [0.25, 0.3) is 0 Å². The lowest BCUT2D eigenvalue weighted by atomic mass is 9.92. The van der Waals surface area contributed by atoms with Gasteiger partial charge in [0.25, 0.3) is 5.91 Å². The van der Waals surface area contributed by atoms with Crippen LogP contribution in [0.2, 0.25) is 0 Å². The lowest BCUT2D eigenvalue weighted by Gasteiger charge is -2.41. The maximum Gasteiger partial charge on any atom is 0.261 e. The van der Waals surface area contributed by atoms with Crippen molar-refractivity contribution in [3.05, 3.63) is 23.8 Å². The van der Waals surface area contributed by atoms with E-state index in [0.29, 0.717) is 25.2 Å². The molecule has 28 heavy (non-hydrogen) atoms. The summed E-state index contributed by atoms with van der Waals surface area (Å²) in [5.41, 5.74) is -0.0107. The summed E-state index contributed by atoms with van der Waals surface area (Å²) in [4.78, 5) is 29.1. The van der Waals surface area contributed by atoms with Crippen LogP contribution >= 0.6 is 0 Å². The van der Waals surface area contributed by atoms with Crippen LogP contribution in [0, 0.1) is 5.92 Å². The Morgan fingerprint density at radius 2 is 1.50 bits per heavy atom. The van der Waals surface area contributed by atoms with Crippen molar-refractivity contribution in [3.63, 3.8) is 0 Å². The maximum absolute atomic E-state index is 12.7. The molecule has 1 aromatic rings. The molecule has 2 saturated heterocycles. The Labute approximate surface area is 165 Å². The molecule has 0 radical (unpaired) electrons. The number of carbonyl (C=O) groups is 2. The Bertz CT molecular complexity index is 713. The molecule has 2 aliphatic heterocycles. The number of hydrogen-bond acceptors (Lipinski definition) is 5. The van der Waals surface area contributed by atoms with E-state index in [1.807, 2.05) is 0 Å². The number of nitrogens with zero attached hydrogens (tertiary/aromatic N) is 2. The van der Waals surface area contributed by atoms with Crippen molar-refractivity contribution in [2.45, 2.75) is 50.6 Å². The molecule has 1 saturated carbocycles. The van der Waals surface area contributed by atoms with Crippen LogP contribution in [0.5, 0.6) is 11.5 Å². The highest BCUT2D eigenvalue weighted by molar-refractivity contribution is 5.99. The zero-order chi connectivity index (χ0) is 19.7. The van der Waals surface area contributed by atoms with E-state index in [1.165, 1.54) is 18.2 Å². The first-order valence-corrected chi connectivity index (χ1v) is 10.4. The Morgan fingerprint density at radius 3 is 2.07 bits per heavy atom. The van der Waals surface area contributed by atoms with E-state index in [4.69, 9.17) is 0 Å². The fraction of sp³-hybridized carbons (Fsp3) is 0.619. The summed E-state index contributed by atoms with van der Waals surface area (Å²) in [7, 11) is 0. The van der Waals surface area contributed by atoms with Crippen LogP contribution in [0.4, 0.5) is 0 Å². The standard InChI is InChI=1S/C21H29N3O4/c25-17-2-1-3-18(26)19(17)21(28)24-12-8-16(9-13-24)23-10-6-14(7-11-23)20(27)22-15-4-5-15/h1-3,14-16,25-26H,4-13H2,(H,22,27). The highest BCUT2D eigenvalue weighted by Crippen LogP contribution is 2.30. The van der Waals surface area contributed by atoms with Crippen molar-refractivity contribution in [1.82, 2.24) is 15.1 Å². The number of phenolic OH excluding ortho intramolecular Hbond substituents is 2. The SMILES string of the molecule is O=C(NC1CC1)C1CCN(C2CCN(C(=O)c3c(O)cccc3O)CC2)CC1. The molecule has 0 atom stereocenters. The first-order chi connectivity index (χ1) is 13.5. The van der Waals surface area contributed by atoms with E-state index >= 15 is 0 Å². The number of phenols is 2. The number of nitrogens with one attached hydrogen (secondary N) is 1. The van der Waals surface area contributed by atoms with Crippen LogP contribution in [0.1, 0.15) is 48.9 Å². The third-order valence-electron chi connectivity index (χ3n) is 6.33. The van der Waals surface area contributed by atoms with Crippen molar-refractivity contribution in [1.29, 1.82) is 0 Å². The van der Waals surface area contributed by atoms with Gasteiger partial charge >= 0.3 is 0 Å². The van der Waals surface area contributed by atoms with Crippen LogP contribution < -0.4 is 5.32 Å². The lowest BCUT2D eigenvalue weighted by molar-refractivity contribution is -0.126. The van der Waals surface area contributed by atoms with E-state index in [2.05, 4.69) is 10.2 Å². The molecule has 7 heteroatoms. The van der Waals surface area contributed by atoms with E-state index < -0.39 is 0 Å². The van der Waals surface area contributed by atoms with Crippen LogP contribution in [-0.4, -0.2) is 70.1 Å². The Morgan fingerprint density at radius 1 is 0.893 bits per heavy atom. The highest BCUT2D eigenvalue weighted by atomic mass is 16.3. The average Bonchev–Trinajstić information content (AvgIpc) is 3.52. The van der Waals surface area contributed by atoms with Gasteiger partial charge in [-0.2, -0.15) is 0 Å². The topological polar surface area (TPSA) is 93.1 Å². The van der Waals surface area contributed by atoms with Gasteiger partial charge in [-0.25, -0.2) is 0 Å². The van der Waals surface area contributed by atoms with E-state index in [9.17, 15) is 19.8 Å². The predicted molar refractivity (Wildman–Crippen MR) is 104 cm³/mol. The molecule has 3 aliphatic rings. The molecule has 3 N–H and O–H groups in total. The molecule has 0 aromatic heterocycles. The van der Waals surface area contributed by atoms with Gasteiger partial charge in [-0.15, -0.1) is 0 Å². The van der Waals surface area contributed by atoms with Crippen molar-refractivity contribution < 1.29 is 19.8 Å². The number of likely N-dealkylation sites (tertiary alicyclic amines) is 2. The van der Waals surface area contributed by atoms with Crippen molar-refractivity contribution in [2.75, 3.05) is 26.2 Å². The Balaban J connectivity index is 1.26. The number of aromatic hydroxyl groups is 2. The van der Waals surface area contributed by atoms with Gasteiger partial charge in [0.2, 0.25) is 5.91 Å². The first-order valence-electron chi connectivity index (χ1n) is 10.4. The molecule has 0 bridgehead atoms. The second kappa shape index (κ2) is 7.99. The summed E-state index contributed by atoms with van der Waals surface area (Å²) in [5.74, 6) is -0.311. The molecular formula is C21H29N3O4. The first kappa shape index (κ1) is 19.1. The number of piperidine rings is 2. The Kier molecular flexibility index (Phi) is 5.44. The van der Waals surface area contributed by atoms with Gasteiger partial charge in [-0.3, -0.25) is 9.59 Å². The van der Waals surface area contributed by atoms with Crippen molar-refractivity contribution in [3.8, 4) is 11.5 Å². The number of rotatable bonds is 4. The van der Waals surface area contributed by atoms with E-state index in [1.54, 1.807) is 4.90 Å². The second-order valence-electron chi connectivity index (χ2n) is 8.29. The lowest BCUT2D eigenvalue weighted by Crippen LogP contribution is -2.50. The van der Waals surface area contributed by atoms with Gasteiger partial charge in [-0.05, 0) is 63.7 Å². The van der Waals surface area contributed by atoms with Gasteiger partial charge < -0.3 is 25.3 Å². The summed E-state index contributed by atoms with van der Waals surface area (Å²) in [6, 6.07) is 5.21. The molecule has 4 rings (SSSR count). The number of carbonyl (C=O) groups excluding carboxylic acids is 2. The minimum absolute atomic E-state index is 0.0107. The molecule has 2 heterocycles. The minimum atomic E-state index is -0.315. The predicted octanol–water partition coefficient (Wildman–Crippen LogP) is 1.69. The van der Waals surface area contributed by atoms with Gasteiger partial charge in [0, 0.05) is 31.1 Å². The summed E-state index contributed by atoms with van der Waals surface area (Å²) in [6.45, 7) is 3.09. The molecular weight excluding hydrogens is 358 g/mol. The zero-order valence-corrected chi connectivity index (χ0v) is 16.1. The molecule has 1 aliphatic carbocycles. The summed E-state index contributed by atoms with van der Waals surface area (Å²) in [6.07, 6.45) is 5.81. The highest BCUT2D eigenvalue weighted by Gasteiger charge is 2.34. The zero-order valence-electron chi connectivity index (χ0n) is 16.1. The maximum atomic E-state index is 12.7. The van der Waals surface area contributed by atoms with Crippen LogP contribution in [0.15, 0.2) is 18.2 Å². The molecule has 7 nitrogen and oxygen atoms in total. The third-order valence-corrected chi connectivity index (χ3v) is 6.33. The molecule has 3 fully saturated rings. The monoisotopic (exact) mass is 387 g/mol. The van der Waals surface area contributed by atoms with E-state index in [0.717, 1.165) is 51.6 Å². The van der Waals surface area contributed by atoms with Gasteiger partial charge in [0.15, 0.2) is 0 Å². The fourth-order valence-corrected chi connectivity index (χ4v) is 4.41. The second-order valence-corrected chi connectivity index (χ2v) is 8.29. The smallest absolute Gasteiger partial charge is 0.261 e. The quantitative estimate of drug-likeness (QED) is 0.731. The third kappa shape index (κ3) is 4.09. The fourth-order valence-electron chi connectivity index (χ4n) is 4.41. The molecule has 0 unspecified atom stereocenters. The molecule has 152 valence electrons. The van der Waals surface area contributed by atoms with Crippen molar-refractivity contribution in [2.24, 2.45) is 5.92 Å². The van der Waals surface area contributed by atoms with Crippen molar-refractivity contribution >= 4 is 11.8 Å². The average molecular weight is 387 g/mol. The molecule has 1 aromatic carbocycles. The van der Waals surface area contributed by atoms with Gasteiger partial charge in [0.1, 0.15) is 17.1 Å². The molecule has 2 amide bonds. The Hall–Kier alpha value is -2.28. The number of benzene rings is 1. The van der Waals surface area contributed by atoms with Crippen LogP contribution in [-0.2, 0) is 4.79 Å². The summed E-state index contributed by atoms with van der Waals surface area (Å²) in [5, 5.41) is 23.0. The molecule has 0 spiro atoms. The summed E-state index contributed by atoms with van der Waals surface area (Å²) >= 11 is 0. The van der Waals surface area contributed by atoms with Gasteiger partial charge in [0.05, 0.1) is 0 Å². The van der Waals surface area contributed by atoms with Crippen LogP contribution in [0.3, 0.4) is 0 Å². The number of hydrogen-bond donors (Lipinski definition) is 3. The normalized spacial score (nSPS) is 22.2.